The fraction of sp³-hybridized carbons (Fsp3) is 0.217. The average molecular weight is 343 g/mol. The predicted molar refractivity (Wildman–Crippen MR) is 105 cm³/mol. The number of benzene rings is 3. The van der Waals surface area contributed by atoms with Crippen LogP contribution in [0.1, 0.15) is 52.7 Å². The Labute approximate surface area is 153 Å². The molecule has 0 N–H and O–H groups in total. The minimum Gasteiger partial charge on any atom is -0.399 e. The van der Waals surface area contributed by atoms with Crippen LogP contribution in [0.15, 0.2) is 65.8 Å². The third-order valence-corrected chi connectivity index (χ3v) is 5.21. The van der Waals surface area contributed by atoms with Crippen molar-refractivity contribution in [1.29, 1.82) is 0 Å². The summed E-state index contributed by atoms with van der Waals surface area (Å²) in [7, 11) is 1.56. The summed E-state index contributed by atoms with van der Waals surface area (Å²) >= 11 is 0. The number of ketones is 1. The highest BCUT2D eigenvalue weighted by Gasteiger charge is 2.27. The van der Waals surface area contributed by atoms with E-state index >= 15 is 0 Å². The summed E-state index contributed by atoms with van der Waals surface area (Å²) in [5.41, 5.74) is 4.43. The first-order chi connectivity index (χ1) is 12.7. The monoisotopic (exact) mass is 343 g/mol. The summed E-state index contributed by atoms with van der Waals surface area (Å²) in [5, 5.41) is 6.27. The van der Waals surface area contributed by atoms with E-state index in [9.17, 15) is 4.79 Å². The zero-order valence-corrected chi connectivity index (χ0v) is 15.0. The molecule has 3 nitrogen and oxygen atoms in total. The molecule has 0 spiro atoms. The summed E-state index contributed by atoms with van der Waals surface area (Å²) in [6.07, 6.45) is 1.84. The Bertz CT molecular complexity index is 1010. The lowest BCUT2D eigenvalue weighted by Gasteiger charge is -2.25. The van der Waals surface area contributed by atoms with Crippen molar-refractivity contribution in [3.05, 3.63) is 82.9 Å². The smallest absolute Gasteiger partial charge is 0.194 e. The first-order valence-corrected chi connectivity index (χ1v) is 8.96. The molecule has 26 heavy (non-hydrogen) atoms. The molecule has 0 aliphatic heterocycles. The number of carbonyl (C=O) groups is 1. The quantitative estimate of drug-likeness (QED) is 0.477. The van der Waals surface area contributed by atoms with E-state index in [2.05, 4.69) is 18.1 Å². The van der Waals surface area contributed by atoms with Gasteiger partial charge < -0.3 is 4.84 Å². The molecule has 0 saturated carbocycles. The molecule has 3 aromatic rings. The normalized spacial score (nSPS) is 17.9. The third kappa shape index (κ3) is 2.70. The predicted octanol–water partition coefficient (Wildman–Crippen LogP) is 5.32. The first kappa shape index (κ1) is 16.5. The van der Waals surface area contributed by atoms with E-state index in [1.165, 1.54) is 5.56 Å². The number of fused-ring (bicyclic) bond motifs is 2. The number of hydrogen-bond donors (Lipinski definition) is 0. The summed E-state index contributed by atoms with van der Waals surface area (Å²) < 4.78 is 0. The number of rotatable bonds is 3. The Morgan fingerprint density at radius 2 is 1.73 bits per heavy atom. The molecule has 0 aromatic heterocycles. The second-order valence-electron chi connectivity index (χ2n) is 6.79. The van der Waals surface area contributed by atoms with Crippen molar-refractivity contribution >= 4 is 22.3 Å². The molecule has 1 aliphatic carbocycles. The highest BCUT2D eigenvalue weighted by atomic mass is 16.6. The molecule has 0 amide bonds. The third-order valence-electron chi connectivity index (χ3n) is 5.21. The van der Waals surface area contributed by atoms with E-state index in [0.717, 1.165) is 40.5 Å². The molecule has 1 atom stereocenters. The van der Waals surface area contributed by atoms with Gasteiger partial charge in [0.2, 0.25) is 0 Å². The van der Waals surface area contributed by atoms with E-state index < -0.39 is 0 Å². The van der Waals surface area contributed by atoms with Gasteiger partial charge >= 0.3 is 0 Å². The van der Waals surface area contributed by atoms with Crippen molar-refractivity contribution in [2.75, 3.05) is 7.11 Å². The van der Waals surface area contributed by atoms with Gasteiger partial charge in [-0.2, -0.15) is 0 Å². The minimum atomic E-state index is 0.0385. The van der Waals surface area contributed by atoms with Gasteiger partial charge in [0.1, 0.15) is 7.11 Å². The molecule has 0 radical (unpaired) electrons. The molecule has 0 saturated heterocycles. The average Bonchev–Trinajstić information content (AvgIpc) is 2.69. The van der Waals surface area contributed by atoms with Gasteiger partial charge in [0.05, 0.1) is 5.71 Å². The maximum atomic E-state index is 13.5. The summed E-state index contributed by atoms with van der Waals surface area (Å²) in [4.78, 5) is 18.6. The highest BCUT2D eigenvalue weighted by Crippen LogP contribution is 2.35. The number of oxime groups is 1. The van der Waals surface area contributed by atoms with Gasteiger partial charge in [-0.25, -0.2) is 0 Å². The molecule has 1 aliphatic rings. The number of nitrogens with zero attached hydrogens (tertiary/aromatic N) is 1. The lowest BCUT2D eigenvalue weighted by molar-refractivity contribution is 0.104. The van der Waals surface area contributed by atoms with Gasteiger partial charge in [-0.1, -0.05) is 72.7 Å². The molecule has 4 rings (SSSR count). The zero-order valence-electron chi connectivity index (χ0n) is 15.0. The Morgan fingerprint density at radius 3 is 2.58 bits per heavy atom. The Balaban J connectivity index is 1.92. The van der Waals surface area contributed by atoms with Crippen LogP contribution in [0, 0.1) is 0 Å². The topological polar surface area (TPSA) is 38.7 Å². The first-order valence-electron chi connectivity index (χ1n) is 8.96. The molecule has 1 unspecified atom stereocenters. The van der Waals surface area contributed by atoms with Crippen LogP contribution in [0.3, 0.4) is 0 Å². The van der Waals surface area contributed by atoms with Gasteiger partial charge in [-0.15, -0.1) is 0 Å². The van der Waals surface area contributed by atoms with Crippen LogP contribution in [-0.2, 0) is 4.84 Å². The molecule has 3 heteroatoms. The molecule has 3 aromatic carbocycles. The second kappa shape index (κ2) is 6.75. The lowest BCUT2D eigenvalue weighted by Crippen LogP contribution is -2.20. The van der Waals surface area contributed by atoms with Gasteiger partial charge in [-0.05, 0) is 35.1 Å². The Kier molecular flexibility index (Phi) is 4.29. The molecule has 0 heterocycles. The van der Waals surface area contributed by atoms with E-state index in [-0.39, 0.29) is 5.78 Å². The van der Waals surface area contributed by atoms with Crippen LogP contribution in [0.2, 0.25) is 0 Å². The molecule has 0 fully saturated rings. The lowest BCUT2D eigenvalue weighted by atomic mass is 9.79. The molecule has 130 valence electrons. The van der Waals surface area contributed by atoms with Crippen LogP contribution in [0.25, 0.3) is 10.8 Å². The van der Waals surface area contributed by atoms with E-state index in [1.54, 1.807) is 7.11 Å². The van der Waals surface area contributed by atoms with Gasteiger partial charge in [-0.3, -0.25) is 4.79 Å². The van der Waals surface area contributed by atoms with Crippen LogP contribution < -0.4 is 0 Å². The fourth-order valence-corrected chi connectivity index (χ4v) is 3.90. The van der Waals surface area contributed by atoms with Crippen LogP contribution >= 0.6 is 0 Å². The standard InChI is InChI=1S/C23H21NO2/c1-15-13-14-21(24-26-2)22-17(15)10-6-12-20(22)23(25)19-11-5-8-16-7-3-4-9-18(16)19/h3-12,15H,13-14H2,1-2H3/b24-21+. The van der Waals surface area contributed by atoms with Crippen molar-refractivity contribution in [2.45, 2.75) is 25.7 Å². The summed E-state index contributed by atoms with van der Waals surface area (Å²) in [6.45, 7) is 2.20. The SMILES string of the molecule is CO/N=C1\CCC(C)c2cccc(C(=O)c3cccc4ccccc34)c21. The van der Waals surface area contributed by atoms with E-state index in [1.807, 2.05) is 54.6 Å². The fourth-order valence-electron chi connectivity index (χ4n) is 3.90. The molecule has 0 bridgehead atoms. The maximum Gasteiger partial charge on any atom is 0.194 e. The van der Waals surface area contributed by atoms with Gasteiger partial charge in [0.15, 0.2) is 5.78 Å². The van der Waals surface area contributed by atoms with Crippen molar-refractivity contribution in [3.63, 3.8) is 0 Å². The van der Waals surface area contributed by atoms with E-state index in [0.29, 0.717) is 11.5 Å². The van der Waals surface area contributed by atoms with Gasteiger partial charge in [0, 0.05) is 16.7 Å². The Hall–Kier alpha value is -2.94. The van der Waals surface area contributed by atoms with Crippen LogP contribution in [0.5, 0.6) is 0 Å². The second-order valence-corrected chi connectivity index (χ2v) is 6.79. The maximum absolute atomic E-state index is 13.5. The Morgan fingerprint density at radius 1 is 1.00 bits per heavy atom. The van der Waals surface area contributed by atoms with E-state index in [4.69, 9.17) is 4.84 Å². The minimum absolute atomic E-state index is 0.0385. The highest BCUT2D eigenvalue weighted by molar-refractivity contribution is 6.21. The van der Waals surface area contributed by atoms with Gasteiger partial charge in [0.25, 0.3) is 0 Å². The summed E-state index contributed by atoms with van der Waals surface area (Å²) in [6, 6.07) is 19.9. The largest absolute Gasteiger partial charge is 0.399 e. The zero-order chi connectivity index (χ0) is 18.1. The van der Waals surface area contributed by atoms with Crippen molar-refractivity contribution in [1.82, 2.24) is 0 Å². The molecular weight excluding hydrogens is 322 g/mol. The van der Waals surface area contributed by atoms with Crippen LogP contribution in [0.4, 0.5) is 0 Å². The van der Waals surface area contributed by atoms with Crippen molar-refractivity contribution < 1.29 is 9.63 Å². The van der Waals surface area contributed by atoms with Crippen molar-refractivity contribution in [3.8, 4) is 0 Å². The number of carbonyl (C=O) groups excluding carboxylic acids is 1. The molecular formula is C23H21NO2. The number of hydrogen-bond acceptors (Lipinski definition) is 3. The summed E-state index contributed by atoms with van der Waals surface area (Å²) in [5.74, 6) is 0.442. The van der Waals surface area contributed by atoms with Crippen molar-refractivity contribution in [2.24, 2.45) is 5.16 Å². The van der Waals surface area contributed by atoms with Crippen LogP contribution in [-0.4, -0.2) is 18.6 Å².